The fourth-order valence-corrected chi connectivity index (χ4v) is 1.53. The number of nitrogens with two attached hydrogens (primary N) is 1. The fourth-order valence-electron chi connectivity index (χ4n) is 1.53. The van der Waals surface area contributed by atoms with E-state index in [1.807, 2.05) is 5.32 Å². The molecule has 1 heterocycles. The van der Waals surface area contributed by atoms with Crippen LogP contribution in [0, 0.1) is 0 Å². The fraction of sp³-hybridized carbons (Fsp3) is 0.778. The number of carbonyl (C=O) groups is 2. The normalized spacial score (nSPS) is 21.6. The molecule has 5 nitrogen and oxygen atoms in total. The smallest absolute Gasteiger partial charge is 0.318 e. The second kappa shape index (κ2) is 5.59. The number of carbonyl (C=O) groups excluding carboxylic acids is 2. The number of ether oxygens (including phenoxy) is 1. The van der Waals surface area contributed by atoms with E-state index >= 15 is 0 Å². The zero-order chi connectivity index (χ0) is 10.4. The highest BCUT2D eigenvalue weighted by atomic mass is 16.5. The summed E-state index contributed by atoms with van der Waals surface area (Å²) in [7, 11) is 0. The highest BCUT2D eigenvalue weighted by molar-refractivity contribution is 5.93. The molecule has 1 atom stereocenters. The highest BCUT2D eigenvalue weighted by Crippen LogP contribution is 2.16. The Morgan fingerprint density at radius 1 is 1.43 bits per heavy atom. The molecule has 1 fully saturated rings. The molecule has 3 N–H and O–H groups in total. The lowest BCUT2D eigenvalue weighted by Gasteiger charge is -2.21. The summed E-state index contributed by atoms with van der Waals surface area (Å²) in [6.07, 6.45) is 4.39. The summed E-state index contributed by atoms with van der Waals surface area (Å²) in [5.41, 5.74) is 4.80. The molecular formula is C9H16N2O3. The molecule has 0 spiro atoms. The molecule has 0 saturated carbocycles. The van der Waals surface area contributed by atoms with Crippen LogP contribution in [0.1, 0.15) is 32.1 Å². The third-order valence-electron chi connectivity index (χ3n) is 2.23. The van der Waals surface area contributed by atoms with Crippen molar-refractivity contribution in [1.82, 2.24) is 5.32 Å². The molecule has 1 saturated heterocycles. The van der Waals surface area contributed by atoms with E-state index in [2.05, 4.69) is 0 Å². The second-order valence-electron chi connectivity index (χ2n) is 3.44. The molecule has 0 aromatic heterocycles. The van der Waals surface area contributed by atoms with E-state index in [0.29, 0.717) is 12.8 Å². The second-order valence-corrected chi connectivity index (χ2v) is 3.44. The van der Waals surface area contributed by atoms with E-state index in [0.717, 1.165) is 25.9 Å². The van der Waals surface area contributed by atoms with Gasteiger partial charge in [0, 0.05) is 13.0 Å². The van der Waals surface area contributed by atoms with Gasteiger partial charge in [-0.1, -0.05) is 0 Å². The van der Waals surface area contributed by atoms with Crippen LogP contribution in [-0.4, -0.2) is 24.6 Å². The average Bonchev–Trinajstić information content (AvgIpc) is 2.15. The van der Waals surface area contributed by atoms with Crippen molar-refractivity contribution in [1.29, 1.82) is 0 Å². The zero-order valence-corrected chi connectivity index (χ0v) is 8.12. The standard InChI is InChI=1S/C9H16N2O3/c10-9(13)11-8(12)5-4-7-3-1-2-6-14-7/h7H,1-6H2,(H3,10,11,12,13). The molecular weight excluding hydrogens is 184 g/mol. The highest BCUT2D eigenvalue weighted by Gasteiger charge is 2.15. The summed E-state index contributed by atoms with van der Waals surface area (Å²) in [6, 6.07) is -0.792. The van der Waals surface area contributed by atoms with Crippen molar-refractivity contribution in [3.63, 3.8) is 0 Å². The molecule has 14 heavy (non-hydrogen) atoms. The van der Waals surface area contributed by atoms with E-state index in [-0.39, 0.29) is 12.0 Å². The van der Waals surface area contributed by atoms with Gasteiger partial charge in [0.05, 0.1) is 6.10 Å². The van der Waals surface area contributed by atoms with Gasteiger partial charge in [0.25, 0.3) is 0 Å². The molecule has 3 amide bonds. The molecule has 0 aromatic rings. The SMILES string of the molecule is NC(=O)NC(=O)CCC1CCCCO1. The first-order chi connectivity index (χ1) is 6.68. The molecule has 0 aromatic carbocycles. The quantitative estimate of drug-likeness (QED) is 0.697. The van der Waals surface area contributed by atoms with Crippen LogP contribution in [0.3, 0.4) is 0 Å². The van der Waals surface area contributed by atoms with Crippen LogP contribution in [-0.2, 0) is 9.53 Å². The molecule has 1 rings (SSSR count). The van der Waals surface area contributed by atoms with E-state index in [1.165, 1.54) is 0 Å². The summed E-state index contributed by atoms with van der Waals surface area (Å²) in [5.74, 6) is -0.327. The maximum absolute atomic E-state index is 11.0. The number of amides is 3. The van der Waals surface area contributed by atoms with Crippen LogP contribution in [0.5, 0.6) is 0 Å². The Hall–Kier alpha value is -1.10. The van der Waals surface area contributed by atoms with Crippen molar-refractivity contribution in [3.05, 3.63) is 0 Å². The number of imide groups is 1. The van der Waals surface area contributed by atoms with E-state index in [1.54, 1.807) is 0 Å². The van der Waals surface area contributed by atoms with E-state index in [4.69, 9.17) is 10.5 Å². The predicted octanol–water partition coefficient (Wildman–Crippen LogP) is 0.531. The third-order valence-corrected chi connectivity index (χ3v) is 2.23. The van der Waals surface area contributed by atoms with Crippen LogP contribution in [0.2, 0.25) is 0 Å². The van der Waals surface area contributed by atoms with Crippen LogP contribution >= 0.6 is 0 Å². The minimum atomic E-state index is -0.792. The van der Waals surface area contributed by atoms with Crippen molar-refractivity contribution in [2.24, 2.45) is 5.73 Å². The monoisotopic (exact) mass is 200 g/mol. The molecule has 1 unspecified atom stereocenters. The zero-order valence-electron chi connectivity index (χ0n) is 8.12. The van der Waals surface area contributed by atoms with E-state index in [9.17, 15) is 9.59 Å². The molecule has 80 valence electrons. The number of rotatable bonds is 3. The minimum absolute atomic E-state index is 0.169. The van der Waals surface area contributed by atoms with Crippen molar-refractivity contribution >= 4 is 11.9 Å². The first-order valence-electron chi connectivity index (χ1n) is 4.89. The summed E-state index contributed by atoms with van der Waals surface area (Å²) in [6.45, 7) is 0.780. The van der Waals surface area contributed by atoms with Gasteiger partial charge in [-0.25, -0.2) is 4.79 Å². The number of nitrogens with one attached hydrogen (secondary N) is 1. The Bertz CT molecular complexity index is 212. The Kier molecular flexibility index (Phi) is 4.39. The van der Waals surface area contributed by atoms with Gasteiger partial charge < -0.3 is 10.5 Å². The topological polar surface area (TPSA) is 81.4 Å². The molecule has 0 bridgehead atoms. The van der Waals surface area contributed by atoms with Gasteiger partial charge >= 0.3 is 6.03 Å². The van der Waals surface area contributed by atoms with Crippen molar-refractivity contribution in [2.45, 2.75) is 38.2 Å². The van der Waals surface area contributed by atoms with Gasteiger partial charge in [-0.3, -0.25) is 10.1 Å². The lowest BCUT2D eigenvalue weighted by molar-refractivity contribution is -0.121. The average molecular weight is 200 g/mol. The first-order valence-corrected chi connectivity index (χ1v) is 4.89. The molecule has 5 heteroatoms. The van der Waals surface area contributed by atoms with Crippen LogP contribution < -0.4 is 11.1 Å². The third kappa shape index (κ3) is 4.23. The summed E-state index contributed by atoms with van der Waals surface area (Å²) >= 11 is 0. The number of hydrogen-bond acceptors (Lipinski definition) is 3. The van der Waals surface area contributed by atoms with Gasteiger partial charge in [-0.15, -0.1) is 0 Å². The maximum atomic E-state index is 11.0. The minimum Gasteiger partial charge on any atom is -0.378 e. The Morgan fingerprint density at radius 2 is 2.21 bits per heavy atom. The molecule has 1 aliphatic rings. The van der Waals surface area contributed by atoms with Gasteiger partial charge in [0.1, 0.15) is 0 Å². The predicted molar refractivity (Wildman–Crippen MR) is 50.6 cm³/mol. The molecule has 0 radical (unpaired) electrons. The van der Waals surface area contributed by atoms with Crippen molar-refractivity contribution in [3.8, 4) is 0 Å². The van der Waals surface area contributed by atoms with Crippen molar-refractivity contribution < 1.29 is 14.3 Å². The Balaban J connectivity index is 2.12. The van der Waals surface area contributed by atoms with Gasteiger partial charge in [-0.05, 0) is 25.7 Å². The lowest BCUT2D eigenvalue weighted by atomic mass is 10.0. The Labute approximate surface area is 83.0 Å². The number of urea groups is 1. The summed E-state index contributed by atoms with van der Waals surface area (Å²) in [5, 5.41) is 2.03. The van der Waals surface area contributed by atoms with E-state index < -0.39 is 6.03 Å². The maximum Gasteiger partial charge on any atom is 0.318 e. The number of hydrogen-bond donors (Lipinski definition) is 2. The van der Waals surface area contributed by atoms with Gasteiger partial charge in [-0.2, -0.15) is 0 Å². The van der Waals surface area contributed by atoms with Crippen LogP contribution in [0.4, 0.5) is 4.79 Å². The first kappa shape index (κ1) is 11.0. The molecule has 0 aliphatic carbocycles. The summed E-state index contributed by atoms with van der Waals surface area (Å²) in [4.78, 5) is 21.3. The van der Waals surface area contributed by atoms with Gasteiger partial charge in [0.2, 0.25) is 5.91 Å². The van der Waals surface area contributed by atoms with Crippen molar-refractivity contribution in [2.75, 3.05) is 6.61 Å². The Morgan fingerprint density at radius 3 is 2.79 bits per heavy atom. The largest absolute Gasteiger partial charge is 0.378 e. The lowest BCUT2D eigenvalue weighted by Crippen LogP contribution is -2.35. The van der Waals surface area contributed by atoms with Crippen LogP contribution in [0.15, 0.2) is 0 Å². The van der Waals surface area contributed by atoms with Crippen LogP contribution in [0.25, 0.3) is 0 Å². The van der Waals surface area contributed by atoms with Gasteiger partial charge in [0.15, 0.2) is 0 Å². The number of primary amides is 1. The molecule has 1 aliphatic heterocycles. The summed E-state index contributed by atoms with van der Waals surface area (Å²) < 4.78 is 5.44.